The van der Waals surface area contributed by atoms with E-state index in [0.717, 1.165) is 16.9 Å². The molecule has 1 saturated carbocycles. The maximum atomic E-state index is 11.2. The molecule has 94 valence electrons. The molecule has 1 aromatic carbocycles. The third-order valence-corrected chi connectivity index (χ3v) is 4.04. The highest BCUT2D eigenvalue weighted by molar-refractivity contribution is 5.79. The Labute approximate surface area is 105 Å². The second-order valence-electron chi connectivity index (χ2n) is 5.76. The van der Waals surface area contributed by atoms with Crippen LogP contribution in [0.25, 0.3) is 11.0 Å². The first-order chi connectivity index (χ1) is 8.41. The van der Waals surface area contributed by atoms with Gasteiger partial charge in [-0.3, -0.25) is 4.79 Å². The van der Waals surface area contributed by atoms with Gasteiger partial charge in [0.05, 0.1) is 17.0 Å². The highest BCUT2D eigenvalue weighted by atomic mass is 16.4. The zero-order valence-electron chi connectivity index (χ0n) is 10.7. The van der Waals surface area contributed by atoms with E-state index in [1.807, 2.05) is 39.0 Å². The van der Waals surface area contributed by atoms with Crippen LogP contribution in [0, 0.1) is 18.3 Å². The maximum Gasteiger partial charge on any atom is 0.307 e. The van der Waals surface area contributed by atoms with Crippen molar-refractivity contribution in [3.05, 3.63) is 29.6 Å². The van der Waals surface area contributed by atoms with E-state index >= 15 is 0 Å². The number of rotatable bonds is 2. The zero-order valence-corrected chi connectivity index (χ0v) is 10.7. The van der Waals surface area contributed by atoms with Gasteiger partial charge in [-0.15, -0.1) is 0 Å². The van der Waals surface area contributed by atoms with Gasteiger partial charge >= 0.3 is 5.97 Å². The van der Waals surface area contributed by atoms with E-state index in [2.05, 4.69) is 9.97 Å². The van der Waals surface area contributed by atoms with Gasteiger partial charge in [0.15, 0.2) is 0 Å². The summed E-state index contributed by atoms with van der Waals surface area (Å²) in [6, 6.07) is 6.02. The van der Waals surface area contributed by atoms with Gasteiger partial charge in [-0.2, -0.15) is 0 Å². The fourth-order valence-corrected chi connectivity index (χ4v) is 2.90. The highest BCUT2D eigenvalue weighted by Crippen LogP contribution is 2.63. The Morgan fingerprint density at radius 1 is 1.44 bits per heavy atom. The molecule has 1 aliphatic rings. The summed E-state index contributed by atoms with van der Waals surface area (Å²) >= 11 is 0. The number of aromatic nitrogens is 2. The molecule has 4 nitrogen and oxygen atoms in total. The van der Waals surface area contributed by atoms with Crippen LogP contribution in [0.15, 0.2) is 18.2 Å². The molecular weight excluding hydrogens is 228 g/mol. The molecular formula is C14H16N2O2. The molecule has 3 rings (SSSR count). The number of fused-ring (bicyclic) bond motifs is 1. The number of nitrogens with one attached hydrogen (secondary N) is 1. The lowest BCUT2D eigenvalue weighted by atomic mass is 10.1. The van der Waals surface area contributed by atoms with Crippen molar-refractivity contribution < 1.29 is 9.90 Å². The van der Waals surface area contributed by atoms with Gasteiger partial charge in [-0.25, -0.2) is 4.98 Å². The average molecular weight is 244 g/mol. The number of hydrogen-bond donors (Lipinski definition) is 2. The summed E-state index contributed by atoms with van der Waals surface area (Å²) < 4.78 is 0. The first-order valence-corrected chi connectivity index (χ1v) is 6.10. The Kier molecular flexibility index (Phi) is 2.09. The van der Waals surface area contributed by atoms with Gasteiger partial charge in [0.2, 0.25) is 0 Å². The number of aryl methyl sites for hydroxylation is 1. The third kappa shape index (κ3) is 1.45. The van der Waals surface area contributed by atoms with Gasteiger partial charge < -0.3 is 10.1 Å². The van der Waals surface area contributed by atoms with Crippen LogP contribution in [0.1, 0.15) is 31.2 Å². The number of carboxylic acid groups (broad SMARTS) is 1. The standard InChI is InChI=1S/C14H16N2O2/c1-7-4-5-8-9(6-7)16-12(15-8)10-11(13(17)18)14(10,2)3/h4-6,10-11H,1-3H3,(H,15,16)(H,17,18). The molecule has 1 aliphatic carbocycles. The molecule has 2 aromatic rings. The van der Waals surface area contributed by atoms with Crippen LogP contribution in [0.5, 0.6) is 0 Å². The second kappa shape index (κ2) is 3.34. The van der Waals surface area contributed by atoms with E-state index in [-0.39, 0.29) is 17.3 Å². The van der Waals surface area contributed by atoms with Crippen molar-refractivity contribution in [2.24, 2.45) is 11.3 Å². The molecule has 0 spiro atoms. The van der Waals surface area contributed by atoms with Gasteiger partial charge in [-0.1, -0.05) is 19.9 Å². The molecule has 4 heteroatoms. The van der Waals surface area contributed by atoms with Gasteiger partial charge in [-0.05, 0) is 30.0 Å². The minimum absolute atomic E-state index is 0.0114. The molecule has 0 aliphatic heterocycles. The van der Waals surface area contributed by atoms with Gasteiger partial charge in [0.1, 0.15) is 5.82 Å². The smallest absolute Gasteiger partial charge is 0.307 e. The zero-order chi connectivity index (χ0) is 13.1. The van der Waals surface area contributed by atoms with Crippen molar-refractivity contribution in [3.63, 3.8) is 0 Å². The minimum Gasteiger partial charge on any atom is -0.481 e. The molecule has 0 bridgehead atoms. The van der Waals surface area contributed by atoms with E-state index in [4.69, 9.17) is 0 Å². The number of benzene rings is 1. The Hall–Kier alpha value is -1.84. The number of H-pyrrole nitrogens is 1. The fourth-order valence-electron chi connectivity index (χ4n) is 2.90. The minimum atomic E-state index is -0.735. The number of aromatic amines is 1. The van der Waals surface area contributed by atoms with E-state index in [1.54, 1.807) is 0 Å². The van der Waals surface area contributed by atoms with Crippen molar-refractivity contribution in [3.8, 4) is 0 Å². The Morgan fingerprint density at radius 2 is 2.17 bits per heavy atom. The maximum absolute atomic E-state index is 11.2. The quantitative estimate of drug-likeness (QED) is 0.853. The van der Waals surface area contributed by atoms with Crippen molar-refractivity contribution in [2.45, 2.75) is 26.7 Å². The first kappa shape index (κ1) is 11.3. The predicted molar refractivity (Wildman–Crippen MR) is 68.5 cm³/mol. The summed E-state index contributed by atoms with van der Waals surface area (Å²) in [5.41, 5.74) is 2.84. The number of aliphatic carboxylic acids is 1. The molecule has 2 N–H and O–H groups in total. The Bertz CT molecular complexity index is 642. The van der Waals surface area contributed by atoms with Crippen LogP contribution in [-0.4, -0.2) is 21.0 Å². The van der Waals surface area contributed by atoms with Crippen LogP contribution in [-0.2, 0) is 4.79 Å². The third-order valence-electron chi connectivity index (χ3n) is 4.04. The summed E-state index contributed by atoms with van der Waals surface area (Å²) in [4.78, 5) is 19.0. The number of hydrogen-bond acceptors (Lipinski definition) is 2. The van der Waals surface area contributed by atoms with Crippen LogP contribution in [0.2, 0.25) is 0 Å². The summed E-state index contributed by atoms with van der Waals surface area (Å²) in [5.74, 6) is -0.281. The molecule has 0 saturated heterocycles. The van der Waals surface area contributed by atoms with E-state index in [9.17, 15) is 9.90 Å². The number of carboxylic acids is 1. The second-order valence-corrected chi connectivity index (χ2v) is 5.76. The topological polar surface area (TPSA) is 66.0 Å². The molecule has 2 unspecified atom stereocenters. The predicted octanol–water partition coefficient (Wildman–Crippen LogP) is 2.70. The average Bonchev–Trinajstić information content (AvgIpc) is 2.66. The van der Waals surface area contributed by atoms with Crippen LogP contribution in [0.4, 0.5) is 0 Å². The van der Waals surface area contributed by atoms with Gasteiger partial charge in [0, 0.05) is 5.92 Å². The summed E-state index contributed by atoms with van der Waals surface area (Å²) in [7, 11) is 0. The number of imidazole rings is 1. The monoisotopic (exact) mass is 244 g/mol. The molecule has 0 radical (unpaired) electrons. The van der Waals surface area contributed by atoms with Crippen molar-refractivity contribution in [2.75, 3.05) is 0 Å². The van der Waals surface area contributed by atoms with Crippen LogP contribution < -0.4 is 0 Å². The van der Waals surface area contributed by atoms with Crippen molar-refractivity contribution in [1.29, 1.82) is 0 Å². The first-order valence-electron chi connectivity index (χ1n) is 6.10. The largest absolute Gasteiger partial charge is 0.481 e. The fraction of sp³-hybridized carbons (Fsp3) is 0.429. The Morgan fingerprint density at radius 3 is 2.78 bits per heavy atom. The van der Waals surface area contributed by atoms with Gasteiger partial charge in [0.25, 0.3) is 0 Å². The molecule has 1 aromatic heterocycles. The molecule has 18 heavy (non-hydrogen) atoms. The summed E-state index contributed by atoms with van der Waals surface area (Å²) in [6.45, 7) is 5.99. The molecule has 2 atom stereocenters. The molecule has 0 amide bonds. The van der Waals surface area contributed by atoms with E-state index < -0.39 is 5.97 Å². The summed E-state index contributed by atoms with van der Waals surface area (Å²) in [6.07, 6.45) is 0. The van der Waals surface area contributed by atoms with Crippen LogP contribution in [0.3, 0.4) is 0 Å². The SMILES string of the molecule is Cc1ccc2nc(C3C(C(=O)O)C3(C)C)[nH]c2c1. The Balaban J connectivity index is 2.04. The van der Waals surface area contributed by atoms with Crippen molar-refractivity contribution in [1.82, 2.24) is 9.97 Å². The summed E-state index contributed by atoms with van der Waals surface area (Å²) in [5, 5.41) is 9.20. The molecule has 1 fully saturated rings. The van der Waals surface area contributed by atoms with E-state index in [0.29, 0.717) is 0 Å². The van der Waals surface area contributed by atoms with Crippen molar-refractivity contribution >= 4 is 17.0 Å². The lowest BCUT2D eigenvalue weighted by Gasteiger charge is -1.97. The highest BCUT2D eigenvalue weighted by Gasteiger charge is 2.64. The normalized spacial score (nSPS) is 25.3. The van der Waals surface area contributed by atoms with E-state index in [1.165, 1.54) is 5.56 Å². The number of nitrogens with zero attached hydrogens (tertiary/aromatic N) is 1. The number of carbonyl (C=O) groups is 1. The lowest BCUT2D eigenvalue weighted by molar-refractivity contribution is -0.139. The lowest BCUT2D eigenvalue weighted by Crippen LogP contribution is -2.03. The molecule has 1 heterocycles. The van der Waals surface area contributed by atoms with Crippen LogP contribution >= 0.6 is 0 Å².